The number of nitrogens with one attached hydrogen (secondary N) is 1. The summed E-state index contributed by atoms with van der Waals surface area (Å²) in [6.07, 6.45) is -6.34. The molecule has 0 saturated heterocycles. The number of amides is 1. The van der Waals surface area contributed by atoms with Crippen LogP contribution < -0.4 is 5.32 Å². The average Bonchev–Trinajstić information content (AvgIpc) is 2.06. The van der Waals surface area contributed by atoms with Crippen molar-refractivity contribution >= 4 is 27.7 Å². The number of carbonyl (C=O) groups is 1. The van der Waals surface area contributed by atoms with Gasteiger partial charge in [-0.1, -0.05) is 15.9 Å². The quantitative estimate of drug-likeness (QED) is 0.777. The van der Waals surface area contributed by atoms with Crippen LogP contribution in [0.15, 0.2) is 16.6 Å². The lowest BCUT2D eigenvalue weighted by atomic mass is 10.2. The first-order valence-corrected chi connectivity index (χ1v) is 4.57. The van der Waals surface area contributed by atoms with E-state index >= 15 is 0 Å². The van der Waals surface area contributed by atoms with Crippen LogP contribution in [-0.2, 0) is 6.18 Å². The number of alkyl halides is 3. The van der Waals surface area contributed by atoms with Gasteiger partial charge in [-0.3, -0.25) is 5.32 Å². The van der Waals surface area contributed by atoms with E-state index in [0.29, 0.717) is 12.1 Å². The number of anilines is 1. The second kappa shape index (κ2) is 4.28. The normalized spacial score (nSPS) is 11.3. The third-order valence-corrected chi connectivity index (χ3v) is 2.26. The highest BCUT2D eigenvalue weighted by molar-refractivity contribution is 9.10. The molecule has 0 aliphatic carbocycles. The Morgan fingerprint density at radius 2 is 1.94 bits per heavy atom. The van der Waals surface area contributed by atoms with Crippen molar-refractivity contribution in [2.24, 2.45) is 0 Å². The van der Waals surface area contributed by atoms with Crippen LogP contribution in [0.3, 0.4) is 0 Å². The van der Waals surface area contributed by atoms with Crippen LogP contribution in [-0.4, -0.2) is 11.2 Å². The summed E-state index contributed by atoms with van der Waals surface area (Å²) >= 11 is 2.55. The Hall–Kier alpha value is -1.31. The summed E-state index contributed by atoms with van der Waals surface area (Å²) in [5.41, 5.74) is -1.90. The molecule has 0 unspecified atom stereocenters. The van der Waals surface area contributed by atoms with Gasteiger partial charge in [-0.15, -0.1) is 0 Å². The zero-order valence-electron chi connectivity index (χ0n) is 7.40. The van der Waals surface area contributed by atoms with E-state index in [0.717, 1.165) is 0 Å². The van der Waals surface area contributed by atoms with Crippen molar-refractivity contribution < 1.29 is 27.5 Å². The molecule has 1 rings (SSSR count). The summed E-state index contributed by atoms with van der Waals surface area (Å²) in [6, 6.07) is 0.932. The van der Waals surface area contributed by atoms with Crippen molar-refractivity contribution in [3.63, 3.8) is 0 Å². The van der Waals surface area contributed by atoms with Gasteiger partial charge in [0, 0.05) is 4.47 Å². The molecule has 1 aromatic carbocycles. The highest BCUT2D eigenvalue weighted by Gasteiger charge is 2.34. The maximum absolute atomic E-state index is 13.1. The molecule has 88 valence electrons. The van der Waals surface area contributed by atoms with Gasteiger partial charge in [0.25, 0.3) is 0 Å². The molecule has 1 aromatic rings. The van der Waals surface area contributed by atoms with Gasteiger partial charge in [0.2, 0.25) is 0 Å². The minimum atomic E-state index is -4.69. The van der Waals surface area contributed by atoms with Crippen molar-refractivity contribution in [1.82, 2.24) is 0 Å². The van der Waals surface area contributed by atoms with Crippen molar-refractivity contribution in [2.75, 3.05) is 5.32 Å². The second-order valence-electron chi connectivity index (χ2n) is 2.74. The Bertz CT molecular complexity index is 433. The second-order valence-corrected chi connectivity index (χ2v) is 3.59. The highest BCUT2D eigenvalue weighted by Crippen LogP contribution is 2.37. The van der Waals surface area contributed by atoms with Crippen molar-refractivity contribution in [3.8, 4) is 0 Å². The lowest BCUT2D eigenvalue weighted by Crippen LogP contribution is -2.12. The summed E-state index contributed by atoms with van der Waals surface area (Å²) in [4.78, 5) is 10.2. The molecular weight excluding hydrogens is 298 g/mol. The molecule has 0 heterocycles. The number of halogens is 5. The van der Waals surface area contributed by atoms with E-state index in [1.54, 1.807) is 0 Å². The number of hydrogen-bond acceptors (Lipinski definition) is 1. The number of hydrogen-bond donors (Lipinski definition) is 2. The first kappa shape index (κ1) is 12.8. The molecule has 0 atom stereocenters. The molecule has 0 saturated carbocycles. The van der Waals surface area contributed by atoms with Crippen molar-refractivity contribution in [2.45, 2.75) is 6.18 Å². The average molecular weight is 302 g/mol. The number of rotatable bonds is 1. The maximum Gasteiger partial charge on any atom is 0.417 e. The first-order chi connectivity index (χ1) is 7.21. The monoisotopic (exact) mass is 301 g/mol. The topological polar surface area (TPSA) is 49.3 Å². The van der Waals surface area contributed by atoms with Gasteiger partial charge in [0.15, 0.2) is 0 Å². The Balaban J connectivity index is 3.27. The molecule has 0 spiro atoms. The van der Waals surface area contributed by atoms with Crippen LogP contribution in [0.25, 0.3) is 0 Å². The van der Waals surface area contributed by atoms with Gasteiger partial charge in [0.1, 0.15) is 5.82 Å². The summed E-state index contributed by atoms with van der Waals surface area (Å²) < 4.78 is 49.7. The maximum atomic E-state index is 13.1. The molecule has 16 heavy (non-hydrogen) atoms. The van der Waals surface area contributed by atoms with E-state index in [-0.39, 0.29) is 0 Å². The summed E-state index contributed by atoms with van der Waals surface area (Å²) in [7, 11) is 0. The fourth-order valence-electron chi connectivity index (χ4n) is 0.977. The van der Waals surface area contributed by atoms with Crippen LogP contribution in [0.2, 0.25) is 0 Å². The van der Waals surface area contributed by atoms with Crippen LogP contribution in [0, 0.1) is 5.82 Å². The minimum Gasteiger partial charge on any atom is -0.465 e. The number of carboxylic acid groups (broad SMARTS) is 1. The molecule has 0 fully saturated rings. The lowest BCUT2D eigenvalue weighted by Gasteiger charge is -2.11. The van der Waals surface area contributed by atoms with Crippen LogP contribution in [0.4, 0.5) is 28.0 Å². The predicted molar refractivity (Wildman–Crippen MR) is 50.7 cm³/mol. The van der Waals surface area contributed by atoms with E-state index in [1.807, 2.05) is 0 Å². The van der Waals surface area contributed by atoms with Crippen LogP contribution in [0.5, 0.6) is 0 Å². The summed E-state index contributed by atoms with van der Waals surface area (Å²) in [5.74, 6) is -1.10. The molecule has 2 N–H and O–H groups in total. The summed E-state index contributed by atoms with van der Waals surface area (Å²) in [6.45, 7) is 0. The van der Waals surface area contributed by atoms with Gasteiger partial charge in [-0.2, -0.15) is 13.2 Å². The molecule has 0 aliphatic rings. The SMILES string of the molecule is O=C(O)Nc1cc(C(F)(F)F)c(Br)cc1F. The lowest BCUT2D eigenvalue weighted by molar-refractivity contribution is -0.138. The highest BCUT2D eigenvalue weighted by atomic mass is 79.9. The zero-order chi connectivity index (χ0) is 12.5. The molecular formula is C8H4BrF4NO2. The van der Waals surface area contributed by atoms with E-state index in [2.05, 4.69) is 15.9 Å². The fourth-order valence-corrected chi connectivity index (χ4v) is 1.52. The van der Waals surface area contributed by atoms with Crippen LogP contribution >= 0.6 is 15.9 Å². The number of benzene rings is 1. The largest absolute Gasteiger partial charge is 0.465 e. The molecule has 0 radical (unpaired) electrons. The molecule has 8 heteroatoms. The standard InChI is InChI=1S/C8H4BrF4NO2/c9-4-2-5(10)6(14-7(15)16)1-3(4)8(11,12)13/h1-2,14H,(H,15,16). The van der Waals surface area contributed by atoms with Crippen LogP contribution in [0.1, 0.15) is 5.56 Å². The molecule has 1 amide bonds. The Morgan fingerprint density at radius 1 is 1.38 bits per heavy atom. The molecule has 0 aliphatic heterocycles. The van der Waals surface area contributed by atoms with Gasteiger partial charge in [-0.05, 0) is 12.1 Å². The van der Waals surface area contributed by atoms with E-state index in [4.69, 9.17) is 5.11 Å². The Kier molecular flexibility index (Phi) is 3.41. The van der Waals surface area contributed by atoms with E-state index in [9.17, 15) is 22.4 Å². The smallest absolute Gasteiger partial charge is 0.417 e. The van der Waals surface area contributed by atoms with Gasteiger partial charge >= 0.3 is 12.3 Å². The molecule has 0 aromatic heterocycles. The third-order valence-electron chi connectivity index (χ3n) is 1.60. The Morgan fingerprint density at radius 3 is 2.38 bits per heavy atom. The third kappa shape index (κ3) is 2.84. The van der Waals surface area contributed by atoms with Gasteiger partial charge in [0.05, 0.1) is 11.3 Å². The van der Waals surface area contributed by atoms with Gasteiger partial charge in [-0.25, -0.2) is 9.18 Å². The van der Waals surface area contributed by atoms with Crippen molar-refractivity contribution in [1.29, 1.82) is 0 Å². The fraction of sp³-hybridized carbons (Fsp3) is 0.125. The summed E-state index contributed by atoms with van der Waals surface area (Å²) in [5, 5.41) is 9.82. The van der Waals surface area contributed by atoms with Gasteiger partial charge < -0.3 is 5.11 Å². The Labute approximate surface area is 95.2 Å². The van der Waals surface area contributed by atoms with E-state index < -0.39 is 33.8 Å². The zero-order valence-corrected chi connectivity index (χ0v) is 8.99. The van der Waals surface area contributed by atoms with Crippen molar-refractivity contribution in [3.05, 3.63) is 28.0 Å². The first-order valence-electron chi connectivity index (χ1n) is 3.78. The minimum absolute atomic E-state index is 0.382. The molecule has 3 nitrogen and oxygen atoms in total. The van der Waals surface area contributed by atoms with E-state index in [1.165, 1.54) is 5.32 Å². The molecule has 0 bridgehead atoms. The predicted octanol–water partition coefficient (Wildman–Crippen LogP) is 3.70.